The largest absolute Gasteiger partial charge is 0.573 e. The number of carbonyl (C=O) groups is 1. The van der Waals surface area contributed by atoms with Gasteiger partial charge in [-0.1, -0.05) is 36.6 Å². The number of rotatable bonds is 12. The van der Waals surface area contributed by atoms with Crippen molar-refractivity contribution in [3.63, 3.8) is 0 Å². The Hall–Kier alpha value is -3.80. The zero-order chi connectivity index (χ0) is 27.4. The summed E-state index contributed by atoms with van der Waals surface area (Å²) in [6.07, 6.45) is 5.46. The van der Waals surface area contributed by atoms with Gasteiger partial charge in [-0.3, -0.25) is 0 Å². The van der Waals surface area contributed by atoms with Gasteiger partial charge in [0.2, 0.25) is 5.95 Å². The maximum absolute atomic E-state index is 13.1. The number of aromatic carboxylic acids is 1. The number of halogens is 3. The molecule has 3 aromatic rings. The molecule has 0 saturated heterocycles. The van der Waals surface area contributed by atoms with Crippen LogP contribution < -0.4 is 4.74 Å². The number of aromatic nitrogens is 3. The van der Waals surface area contributed by atoms with E-state index < -0.39 is 12.3 Å². The Morgan fingerprint density at radius 1 is 1.18 bits per heavy atom. The van der Waals surface area contributed by atoms with Gasteiger partial charge in [-0.05, 0) is 37.3 Å². The number of nitrogens with zero attached hydrogens (tertiary/aromatic N) is 4. The summed E-state index contributed by atoms with van der Waals surface area (Å²) in [6.45, 7) is 0.111. The molecule has 0 amide bonds. The normalized spacial score (nSPS) is 16.8. The summed E-state index contributed by atoms with van der Waals surface area (Å²) in [6, 6.07) is 5.86. The molecule has 1 atom stereocenters. The second kappa shape index (κ2) is 11.5. The lowest BCUT2D eigenvalue weighted by Gasteiger charge is -2.29. The predicted octanol–water partition coefficient (Wildman–Crippen LogP) is 6.47. The first-order valence-electron chi connectivity index (χ1n) is 12.8. The number of alkyl halides is 3. The van der Waals surface area contributed by atoms with Gasteiger partial charge in [-0.25, -0.2) is 19.8 Å². The summed E-state index contributed by atoms with van der Waals surface area (Å²) >= 11 is 0. The highest BCUT2D eigenvalue weighted by molar-refractivity contribution is 5.86. The minimum absolute atomic E-state index is 0.0293. The van der Waals surface area contributed by atoms with Crippen molar-refractivity contribution in [3.05, 3.63) is 53.5 Å². The van der Waals surface area contributed by atoms with Crippen LogP contribution >= 0.6 is 0 Å². The zero-order valence-electron chi connectivity index (χ0n) is 20.9. The van der Waals surface area contributed by atoms with E-state index in [0.29, 0.717) is 23.7 Å². The van der Waals surface area contributed by atoms with E-state index in [9.17, 15) is 18.0 Å². The lowest BCUT2D eigenvalue weighted by Crippen LogP contribution is -2.22. The Bertz CT molecular complexity index is 1320. The fraction of sp³-hybridized carbons (Fsp3) is 0.444. The van der Waals surface area contributed by atoms with Gasteiger partial charge < -0.3 is 19.1 Å². The van der Waals surface area contributed by atoms with Crippen molar-refractivity contribution in [1.82, 2.24) is 15.1 Å². The Morgan fingerprint density at radius 2 is 1.92 bits per heavy atom. The second-order valence-electron chi connectivity index (χ2n) is 9.78. The predicted molar refractivity (Wildman–Crippen MR) is 133 cm³/mol. The van der Waals surface area contributed by atoms with Crippen LogP contribution in [0.15, 0.2) is 46.2 Å². The summed E-state index contributed by atoms with van der Waals surface area (Å²) in [5.41, 5.74) is 1.06. The van der Waals surface area contributed by atoms with Crippen LogP contribution in [0.5, 0.6) is 5.75 Å². The molecule has 2 aromatic heterocycles. The Kier molecular flexibility index (Phi) is 7.92. The minimum atomic E-state index is -4.85. The van der Waals surface area contributed by atoms with Crippen LogP contribution in [0.4, 0.5) is 19.1 Å². The summed E-state index contributed by atoms with van der Waals surface area (Å²) < 4.78 is 55.4. The topological polar surface area (TPSA) is 120 Å². The fourth-order valence-corrected chi connectivity index (χ4v) is 4.50. The highest BCUT2D eigenvalue weighted by Gasteiger charge is 2.36. The molecule has 9 nitrogen and oxygen atoms in total. The van der Waals surface area contributed by atoms with Gasteiger partial charge in [0.05, 0.1) is 18.3 Å². The van der Waals surface area contributed by atoms with Crippen LogP contribution in [-0.2, 0) is 11.3 Å². The lowest BCUT2D eigenvalue weighted by atomic mass is 9.81. The molecule has 5 rings (SSSR count). The van der Waals surface area contributed by atoms with Gasteiger partial charge in [0.1, 0.15) is 17.2 Å². The maximum Gasteiger partial charge on any atom is 0.573 e. The molecule has 2 heterocycles. The van der Waals surface area contributed by atoms with E-state index in [4.69, 9.17) is 14.4 Å². The zero-order valence-corrected chi connectivity index (χ0v) is 20.9. The van der Waals surface area contributed by atoms with Crippen LogP contribution in [0.1, 0.15) is 72.5 Å². The smallest absolute Gasteiger partial charge is 0.478 e. The summed E-state index contributed by atoms with van der Waals surface area (Å²) in [5.74, 6) is -0.00565. The molecule has 39 heavy (non-hydrogen) atoms. The van der Waals surface area contributed by atoms with Crippen molar-refractivity contribution < 1.29 is 37.1 Å². The van der Waals surface area contributed by atoms with E-state index >= 15 is 0 Å². The Morgan fingerprint density at radius 3 is 2.56 bits per heavy atom. The Labute approximate surface area is 222 Å². The number of carboxylic acids is 1. The van der Waals surface area contributed by atoms with E-state index in [-0.39, 0.29) is 47.1 Å². The van der Waals surface area contributed by atoms with Crippen LogP contribution in [0.3, 0.4) is 0 Å². The number of ether oxygens (including phenoxy) is 2. The van der Waals surface area contributed by atoms with Crippen LogP contribution in [0.25, 0.3) is 11.3 Å². The van der Waals surface area contributed by atoms with Gasteiger partial charge in [0.25, 0.3) is 0 Å². The number of hydrogen-bond donors (Lipinski definition) is 1. The fourth-order valence-electron chi connectivity index (χ4n) is 4.50. The molecule has 12 heteroatoms. The van der Waals surface area contributed by atoms with Gasteiger partial charge >= 0.3 is 12.3 Å². The molecule has 0 unspecified atom stereocenters. The van der Waals surface area contributed by atoms with E-state index in [1.165, 1.54) is 37.0 Å². The standard InChI is InChI=1S/C27H27F3N4O5/c28-27(29,30)38-22-7-2-1-6-20(22)23-21(24(39-34-23)17-8-9-17)15-37-19(12-16-4-3-5-16)10-11-31-26-32-13-18(14-33-26)25(35)36/h1-2,6-7,11,13-14,16-17,19H,3-5,8-10,12,15H2,(H,35,36)/b31-11+/t19-/m1/s1. The number of para-hydroxylation sites is 1. The molecule has 2 aliphatic carbocycles. The maximum atomic E-state index is 13.1. The van der Waals surface area contributed by atoms with E-state index in [1.54, 1.807) is 12.3 Å². The highest BCUT2D eigenvalue weighted by Crippen LogP contribution is 2.46. The third-order valence-electron chi connectivity index (χ3n) is 6.88. The van der Waals surface area contributed by atoms with Crippen molar-refractivity contribution in [2.75, 3.05) is 0 Å². The third-order valence-corrected chi connectivity index (χ3v) is 6.88. The summed E-state index contributed by atoms with van der Waals surface area (Å²) in [4.78, 5) is 23.1. The molecule has 0 spiro atoms. The lowest BCUT2D eigenvalue weighted by molar-refractivity contribution is -0.274. The first-order chi connectivity index (χ1) is 18.8. The van der Waals surface area contributed by atoms with Gasteiger partial charge in [0.15, 0.2) is 0 Å². The molecule has 2 aliphatic rings. The number of carboxylic acid groups (broad SMARTS) is 1. The van der Waals surface area contributed by atoms with Gasteiger partial charge in [0, 0.05) is 42.1 Å². The average Bonchev–Trinajstić information content (AvgIpc) is 3.63. The minimum Gasteiger partial charge on any atom is -0.478 e. The SMILES string of the molecule is O=C(O)c1cnc(/N=C/C[C@H](CC2CCC2)OCc2c(-c3ccccc3OC(F)(F)F)noc2C2CC2)nc1. The molecule has 0 bridgehead atoms. The molecule has 0 radical (unpaired) electrons. The van der Waals surface area contributed by atoms with Gasteiger partial charge in [-0.15, -0.1) is 13.2 Å². The quantitative estimate of drug-likeness (QED) is 0.258. The molecule has 2 saturated carbocycles. The second-order valence-corrected chi connectivity index (χ2v) is 9.78. The van der Waals surface area contributed by atoms with E-state index in [1.807, 2.05) is 0 Å². The molecule has 0 aliphatic heterocycles. The third kappa shape index (κ3) is 6.99. The van der Waals surface area contributed by atoms with Gasteiger partial charge in [-0.2, -0.15) is 0 Å². The van der Waals surface area contributed by atoms with E-state index in [0.717, 1.165) is 32.1 Å². The van der Waals surface area contributed by atoms with Crippen molar-refractivity contribution in [3.8, 4) is 17.0 Å². The van der Waals surface area contributed by atoms with Crippen LogP contribution in [0, 0.1) is 5.92 Å². The average molecular weight is 545 g/mol. The first kappa shape index (κ1) is 26.8. The number of aliphatic imine (C=N–C) groups is 1. The van der Waals surface area contributed by atoms with Crippen molar-refractivity contribution in [2.24, 2.45) is 10.9 Å². The molecule has 1 N–H and O–H groups in total. The van der Waals surface area contributed by atoms with Crippen LogP contribution in [-0.4, -0.2) is 44.9 Å². The summed E-state index contributed by atoms with van der Waals surface area (Å²) in [7, 11) is 0. The van der Waals surface area contributed by atoms with Crippen LogP contribution in [0.2, 0.25) is 0 Å². The highest BCUT2D eigenvalue weighted by atomic mass is 19.4. The van der Waals surface area contributed by atoms with Crippen molar-refractivity contribution >= 4 is 18.1 Å². The van der Waals surface area contributed by atoms with Crippen molar-refractivity contribution in [2.45, 2.75) is 69.9 Å². The first-order valence-corrected chi connectivity index (χ1v) is 12.8. The molecule has 206 valence electrons. The van der Waals surface area contributed by atoms with Crippen molar-refractivity contribution in [1.29, 1.82) is 0 Å². The number of benzene rings is 1. The molecule has 1 aromatic carbocycles. The molecular formula is C27H27F3N4O5. The monoisotopic (exact) mass is 544 g/mol. The number of hydrogen-bond acceptors (Lipinski definition) is 8. The summed E-state index contributed by atoms with van der Waals surface area (Å²) in [5, 5.41) is 13.1. The Balaban J connectivity index is 1.33. The molecule has 2 fully saturated rings. The molecular weight excluding hydrogens is 517 g/mol. The van der Waals surface area contributed by atoms with E-state index in [2.05, 4.69) is 24.9 Å².